The van der Waals surface area contributed by atoms with Gasteiger partial charge in [0.15, 0.2) is 5.78 Å². The fourth-order valence-corrected chi connectivity index (χ4v) is 4.18. The van der Waals surface area contributed by atoms with Gasteiger partial charge in [0.05, 0.1) is 6.54 Å². The van der Waals surface area contributed by atoms with Crippen molar-refractivity contribution >= 4 is 34.7 Å². The maximum Gasteiger partial charge on any atom is 0.172 e. The van der Waals surface area contributed by atoms with Crippen molar-refractivity contribution in [1.29, 1.82) is 0 Å². The Morgan fingerprint density at radius 2 is 1.92 bits per heavy atom. The van der Waals surface area contributed by atoms with Crippen molar-refractivity contribution in [3.63, 3.8) is 0 Å². The molecule has 0 saturated heterocycles. The summed E-state index contributed by atoms with van der Waals surface area (Å²) in [5, 5.41) is 3.73. The van der Waals surface area contributed by atoms with Crippen LogP contribution in [0.1, 0.15) is 17.5 Å². The minimum atomic E-state index is 0.193. The van der Waals surface area contributed by atoms with Crippen LogP contribution in [-0.4, -0.2) is 25.1 Å². The molecule has 0 aliphatic carbocycles. The van der Waals surface area contributed by atoms with E-state index in [2.05, 4.69) is 23.5 Å². The number of nitrogens with one attached hydrogen (secondary N) is 1. The largest absolute Gasteiger partial charge is 0.313 e. The van der Waals surface area contributed by atoms with E-state index in [4.69, 9.17) is 11.6 Å². The summed E-state index contributed by atoms with van der Waals surface area (Å²) in [7, 11) is 1.82. The minimum Gasteiger partial charge on any atom is -0.313 e. The van der Waals surface area contributed by atoms with Gasteiger partial charge in [-0.25, -0.2) is 0 Å². The Labute approximate surface area is 152 Å². The summed E-state index contributed by atoms with van der Waals surface area (Å²) in [6.07, 6.45) is 1.56. The van der Waals surface area contributed by atoms with Crippen molar-refractivity contribution in [3.8, 4) is 0 Å². The zero-order chi connectivity index (χ0) is 16.9. The summed E-state index contributed by atoms with van der Waals surface area (Å²) < 4.78 is 0. The highest BCUT2D eigenvalue weighted by atomic mass is 35.5. The molecule has 1 heterocycles. The lowest BCUT2D eigenvalue weighted by Crippen LogP contribution is -2.21. The van der Waals surface area contributed by atoms with Crippen LogP contribution >= 0.6 is 23.4 Å². The maximum absolute atomic E-state index is 12.7. The van der Waals surface area contributed by atoms with Gasteiger partial charge in [0, 0.05) is 21.2 Å². The Morgan fingerprint density at radius 1 is 1.17 bits per heavy atom. The molecule has 2 aromatic rings. The summed E-state index contributed by atoms with van der Waals surface area (Å²) in [5.41, 5.74) is 4.47. The van der Waals surface area contributed by atoms with E-state index in [1.807, 2.05) is 49.1 Å². The van der Waals surface area contributed by atoms with Gasteiger partial charge >= 0.3 is 0 Å². The van der Waals surface area contributed by atoms with Gasteiger partial charge in [0.1, 0.15) is 0 Å². The molecule has 2 aromatic carbocycles. The molecule has 1 aliphatic heterocycles. The lowest BCUT2D eigenvalue weighted by Gasteiger charge is -2.15. The first-order valence-corrected chi connectivity index (χ1v) is 9.42. The fraction of sp³-hybridized carbons (Fsp3) is 0.250. The number of hydrogen-bond donors (Lipinski definition) is 1. The van der Waals surface area contributed by atoms with Crippen LogP contribution in [0.15, 0.2) is 59.0 Å². The van der Waals surface area contributed by atoms with Crippen LogP contribution in [0.3, 0.4) is 0 Å². The van der Waals surface area contributed by atoms with E-state index in [1.165, 1.54) is 16.0 Å². The van der Waals surface area contributed by atoms with Gasteiger partial charge in [-0.3, -0.25) is 4.79 Å². The molecule has 0 bridgehead atoms. The lowest BCUT2D eigenvalue weighted by molar-refractivity contribution is -0.114. The summed E-state index contributed by atoms with van der Waals surface area (Å²) in [6, 6.07) is 16.3. The van der Waals surface area contributed by atoms with Crippen LogP contribution in [0.5, 0.6) is 0 Å². The second kappa shape index (κ2) is 8.02. The molecule has 0 spiro atoms. The monoisotopic (exact) mass is 357 g/mol. The number of benzene rings is 2. The predicted octanol–water partition coefficient (Wildman–Crippen LogP) is 4.62. The van der Waals surface area contributed by atoms with Crippen molar-refractivity contribution in [2.75, 3.05) is 19.3 Å². The Hall–Kier alpha value is -1.55. The third-order valence-corrected chi connectivity index (χ3v) is 5.48. The molecule has 1 aliphatic rings. The van der Waals surface area contributed by atoms with Gasteiger partial charge < -0.3 is 5.32 Å². The number of carbonyl (C=O) groups is 1. The van der Waals surface area contributed by atoms with Crippen LogP contribution in [0, 0.1) is 0 Å². The second-order valence-electron chi connectivity index (χ2n) is 5.81. The third kappa shape index (κ3) is 3.92. The van der Waals surface area contributed by atoms with Crippen molar-refractivity contribution in [1.82, 2.24) is 5.32 Å². The first kappa shape index (κ1) is 17.3. The topological polar surface area (TPSA) is 29.1 Å². The van der Waals surface area contributed by atoms with E-state index < -0.39 is 0 Å². The molecule has 24 heavy (non-hydrogen) atoms. The van der Waals surface area contributed by atoms with Crippen LogP contribution < -0.4 is 5.32 Å². The maximum atomic E-state index is 12.7. The Morgan fingerprint density at radius 3 is 2.67 bits per heavy atom. The van der Waals surface area contributed by atoms with Gasteiger partial charge in [-0.2, -0.15) is 0 Å². The molecular formula is C20H20ClNOS. The standard InChI is InChI=1S/C20H20ClNOS/c1-22-13-19(23)16-10-11-24-20-5-3-2-4-17(20)18(16)12-14-6-8-15(21)9-7-14/h2-9,22H,10-13H2,1H3. The van der Waals surface area contributed by atoms with Gasteiger partial charge in [0.25, 0.3) is 0 Å². The average Bonchev–Trinajstić information content (AvgIpc) is 2.77. The van der Waals surface area contributed by atoms with Gasteiger partial charge in [-0.15, -0.1) is 11.8 Å². The molecule has 4 heteroatoms. The van der Waals surface area contributed by atoms with Crippen molar-refractivity contribution in [2.45, 2.75) is 17.7 Å². The molecule has 1 N–H and O–H groups in total. The molecule has 0 aromatic heterocycles. The van der Waals surface area contributed by atoms with E-state index >= 15 is 0 Å². The predicted molar refractivity (Wildman–Crippen MR) is 103 cm³/mol. The van der Waals surface area contributed by atoms with Crippen LogP contribution in [0.4, 0.5) is 0 Å². The number of thioether (sulfide) groups is 1. The lowest BCUT2D eigenvalue weighted by atomic mass is 9.90. The molecule has 124 valence electrons. The number of hydrogen-bond acceptors (Lipinski definition) is 3. The van der Waals surface area contributed by atoms with Crippen molar-refractivity contribution in [2.24, 2.45) is 0 Å². The van der Waals surface area contributed by atoms with Crippen molar-refractivity contribution < 1.29 is 4.79 Å². The van der Waals surface area contributed by atoms with Gasteiger partial charge in [-0.1, -0.05) is 41.9 Å². The highest BCUT2D eigenvalue weighted by Crippen LogP contribution is 2.37. The molecular weight excluding hydrogens is 338 g/mol. The van der Waals surface area contributed by atoms with E-state index in [1.54, 1.807) is 0 Å². The molecule has 0 atom stereocenters. The molecule has 0 saturated carbocycles. The third-order valence-electron chi connectivity index (χ3n) is 4.15. The number of rotatable bonds is 5. The Bertz CT molecular complexity index is 767. The van der Waals surface area contributed by atoms with Gasteiger partial charge in [-0.05, 0) is 54.8 Å². The summed E-state index contributed by atoms with van der Waals surface area (Å²) in [4.78, 5) is 13.9. The molecule has 3 rings (SSSR count). The van der Waals surface area contributed by atoms with E-state index in [-0.39, 0.29) is 5.78 Å². The van der Waals surface area contributed by atoms with Crippen LogP contribution in [0.2, 0.25) is 5.02 Å². The number of carbonyl (C=O) groups excluding carboxylic acids is 1. The molecule has 0 radical (unpaired) electrons. The van der Waals surface area contributed by atoms with E-state index in [0.717, 1.165) is 34.8 Å². The number of Topliss-reactive ketones (excluding diaryl/α,β-unsaturated/α-hetero) is 1. The molecule has 0 fully saturated rings. The molecule has 2 nitrogen and oxygen atoms in total. The first-order valence-electron chi connectivity index (χ1n) is 8.05. The average molecular weight is 358 g/mol. The fourth-order valence-electron chi connectivity index (χ4n) is 3.00. The van der Waals surface area contributed by atoms with Crippen LogP contribution in [0.25, 0.3) is 5.57 Å². The number of likely N-dealkylation sites (N-methyl/N-ethyl adjacent to an activating group) is 1. The molecule has 0 unspecified atom stereocenters. The smallest absolute Gasteiger partial charge is 0.172 e. The zero-order valence-corrected chi connectivity index (χ0v) is 15.2. The number of fused-ring (bicyclic) bond motifs is 1. The first-order chi connectivity index (χ1) is 11.7. The zero-order valence-electron chi connectivity index (χ0n) is 13.6. The minimum absolute atomic E-state index is 0.193. The van der Waals surface area contributed by atoms with Gasteiger partial charge in [0.2, 0.25) is 0 Å². The number of halogens is 1. The highest BCUT2D eigenvalue weighted by molar-refractivity contribution is 7.99. The summed E-state index contributed by atoms with van der Waals surface area (Å²) in [5.74, 6) is 1.13. The second-order valence-corrected chi connectivity index (χ2v) is 7.38. The van der Waals surface area contributed by atoms with E-state index in [9.17, 15) is 4.79 Å². The SMILES string of the molecule is CNCC(=O)C1=C(Cc2ccc(Cl)cc2)c2ccccc2SCC1. The normalized spacial score (nSPS) is 14.2. The Kier molecular flexibility index (Phi) is 5.77. The summed E-state index contributed by atoms with van der Waals surface area (Å²) >= 11 is 7.83. The highest BCUT2D eigenvalue weighted by Gasteiger charge is 2.21. The quantitative estimate of drug-likeness (QED) is 0.846. The van der Waals surface area contributed by atoms with E-state index in [0.29, 0.717) is 6.54 Å². The number of ketones is 1. The number of allylic oxidation sites excluding steroid dienone is 1. The molecule has 0 amide bonds. The van der Waals surface area contributed by atoms with Crippen molar-refractivity contribution in [3.05, 3.63) is 70.3 Å². The van der Waals surface area contributed by atoms with Crippen LogP contribution in [-0.2, 0) is 11.2 Å². The summed E-state index contributed by atoms with van der Waals surface area (Å²) in [6.45, 7) is 0.381. The Balaban J connectivity index is 2.07.